The van der Waals surface area contributed by atoms with Gasteiger partial charge < -0.3 is 10.8 Å². The van der Waals surface area contributed by atoms with Gasteiger partial charge in [-0.3, -0.25) is 4.79 Å². The average Bonchev–Trinajstić information content (AvgIpc) is 2.26. The van der Waals surface area contributed by atoms with Crippen LogP contribution in [0.15, 0.2) is 12.1 Å². The molecule has 0 spiro atoms. The molecule has 6 heteroatoms. The molecule has 0 heterocycles. The number of aliphatic carboxylic acids is 1. The quantitative estimate of drug-likeness (QED) is 0.838. The second-order valence-corrected chi connectivity index (χ2v) is 3.50. The van der Waals surface area contributed by atoms with E-state index < -0.39 is 23.6 Å². The van der Waals surface area contributed by atoms with Crippen LogP contribution in [0.4, 0.5) is 8.78 Å². The fourth-order valence-electron chi connectivity index (χ4n) is 1.37. The number of halogens is 2. The minimum Gasteiger partial charge on any atom is -0.481 e. The van der Waals surface area contributed by atoms with Crippen molar-refractivity contribution in [3.05, 3.63) is 34.9 Å². The van der Waals surface area contributed by atoms with E-state index in [0.717, 1.165) is 6.07 Å². The van der Waals surface area contributed by atoms with Gasteiger partial charge in [-0.2, -0.15) is 5.26 Å². The number of rotatable bonds is 4. The molecule has 1 aromatic rings. The molecule has 0 amide bonds. The lowest BCUT2D eigenvalue weighted by Crippen LogP contribution is -2.14. The summed E-state index contributed by atoms with van der Waals surface area (Å²) in [6.45, 7) is 0. The Kier molecular flexibility index (Phi) is 4.12. The fourth-order valence-corrected chi connectivity index (χ4v) is 1.37. The van der Waals surface area contributed by atoms with E-state index in [9.17, 15) is 13.6 Å². The maximum atomic E-state index is 13.4. The summed E-state index contributed by atoms with van der Waals surface area (Å²) in [4.78, 5) is 10.3. The van der Waals surface area contributed by atoms with Gasteiger partial charge in [-0.1, -0.05) is 0 Å². The first kappa shape index (κ1) is 13.1. The Bertz CT molecular complexity index is 483. The van der Waals surface area contributed by atoms with Gasteiger partial charge in [0.15, 0.2) is 0 Å². The Morgan fingerprint density at radius 3 is 2.65 bits per heavy atom. The Morgan fingerprint density at radius 1 is 1.47 bits per heavy atom. The second kappa shape index (κ2) is 5.37. The molecule has 0 saturated carbocycles. The van der Waals surface area contributed by atoms with Crippen molar-refractivity contribution in [2.45, 2.75) is 18.9 Å². The topological polar surface area (TPSA) is 87.1 Å². The molecule has 0 bridgehead atoms. The third-order valence-electron chi connectivity index (χ3n) is 2.28. The molecule has 0 aliphatic carbocycles. The van der Waals surface area contributed by atoms with Crippen LogP contribution in [0.2, 0.25) is 0 Å². The molecule has 0 aliphatic heterocycles. The highest BCUT2D eigenvalue weighted by Crippen LogP contribution is 2.22. The van der Waals surface area contributed by atoms with Crippen LogP contribution in [0, 0.1) is 23.0 Å². The Balaban J connectivity index is 2.97. The molecule has 0 fully saturated rings. The van der Waals surface area contributed by atoms with Crippen LogP contribution in [0.1, 0.15) is 30.0 Å². The number of hydrogen-bond donors (Lipinski definition) is 2. The summed E-state index contributed by atoms with van der Waals surface area (Å²) in [5, 5.41) is 17.0. The first-order valence-electron chi connectivity index (χ1n) is 4.82. The number of benzene rings is 1. The first-order valence-corrected chi connectivity index (χ1v) is 4.82. The van der Waals surface area contributed by atoms with Crippen LogP contribution >= 0.6 is 0 Å². The predicted molar refractivity (Wildman–Crippen MR) is 54.9 cm³/mol. The van der Waals surface area contributed by atoms with Gasteiger partial charge in [0.2, 0.25) is 0 Å². The third kappa shape index (κ3) is 3.23. The van der Waals surface area contributed by atoms with E-state index in [2.05, 4.69) is 0 Å². The number of carboxylic acid groups (broad SMARTS) is 1. The van der Waals surface area contributed by atoms with Crippen LogP contribution in [0.25, 0.3) is 0 Å². The zero-order chi connectivity index (χ0) is 13.0. The molecule has 90 valence electrons. The Labute approximate surface area is 96.3 Å². The van der Waals surface area contributed by atoms with E-state index in [1.807, 2.05) is 0 Å². The smallest absolute Gasteiger partial charge is 0.303 e. The van der Waals surface area contributed by atoms with E-state index in [1.54, 1.807) is 6.07 Å². The number of carbonyl (C=O) groups is 1. The van der Waals surface area contributed by atoms with Gasteiger partial charge in [0, 0.05) is 24.1 Å². The van der Waals surface area contributed by atoms with Crippen molar-refractivity contribution in [1.82, 2.24) is 0 Å². The highest BCUT2D eigenvalue weighted by Gasteiger charge is 2.16. The standard InChI is InChI=1S/C11H10F2N2O2/c12-8-4-9(13)7(3-6(8)5-14)10(15)1-2-11(16)17/h3-4,10H,1-2,15H2,(H,16,17). The normalized spacial score (nSPS) is 11.9. The lowest BCUT2D eigenvalue weighted by molar-refractivity contribution is -0.137. The largest absolute Gasteiger partial charge is 0.481 e. The lowest BCUT2D eigenvalue weighted by atomic mass is 10.00. The number of carboxylic acids is 1. The molecule has 0 aromatic heterocycles. The van der Waals surface area contributed by atoms with Gasteiger partial charge >= 0.3 is 5.97 Å². The van der Waals surface area contributed by atoms with Crippen LogP contribution in [0.3, 0.4) is 0 Å². The summed E-state index contributed by atoms with van der Waals surface area (Å²) in [6.07, 6.45) is -0.206. The van der Waals surface area contributed by atoms with Crippen molar-refractivity contribution >= 4 is 5.97 Å². The van der Waals surface area contributed by atoms with E-state index >= 15 is 0 Å². The number of hydrogen-bond acceptors (Lipinski definition) is 3. The monoisotopic (exact) mass is 240 g/mol. The molecule has 1 rings (SSSR count). The number of nitriles is 1. The molecule has 4 nitrogen and oxygen atoms in total. The van der Waals surface area contributed by atoms with Gasteiger partial charge in [0.1, 0.15) is 17.7 Å². The summed E-state index contributed by atoms with van der Waals surface area (Å²) in [7, 11) is 0. The molecule has 3 N–H and O–H groups in total. The van der Waals surface area contributed by atoms with Crippen molar-refractivity contribution in [2.75, 3.05) is 0 Å². The van der Waals surface area contributed by atoms with Crippen molar-refractivity contribution in [3.63, 3.8) is 0 Å². The Morgan fingerprint density at radius 2 is 2.12 bits per heavy atom. The van der Waals surface area contributed by atoms with Gasteiger partial charge in [-0.05, 0) is 12.5 Å². The Hall–Kier alpha value is -2.00. The van der Waals surface area contributed by atoms with Crippen LogP contribution in [0.5, 0.6) is 0 Å². The fraction of sp³-hybridized carbons (Fsp3) is 0.273. The average molecular weight is 240 g/mol. The van der Waals surface area contributed by atoms with Gasteiger partial charge in [-0.25, -0.2) is 8.78 Å². The van der Waals surface area contributed by atoms with E-state index in [4.69, 9.17) is 16.1 Å². The maximum absolute atomic E-state index is 13.4. The summed E-state index contributed by atoms with van der Waals surface area (Å²) in [5.74, 6) is -2.89. The van der Waals surface area contributed by atoms with Crippen molar-refractivity contribution < 1.29 is 18.7 Å². The van der Waals surface area contributed by atoms with Crippen molar-refractivity contribution in [1.29, 1.82) is 5.26 Å². The second-order valence-electron chi connectivity index (χ2n) is 3.50. The molecule has 1 atom stereocenters. The van der Waals surface area contributed by atoms with Crippen molar-refractivity contribution in [3.8, 4) is 6.07 Å². The van der Waals surface area contributed by atoms with Crippen LogP contribution in [-0.2, 0) is 4.79 Å². The van der Waals surface area contributed by atoms with Crippen molar-refractivity contribution in [2.24, 2.45) is 5.73 Å². The molecular weight excluding hydrogens is 230 g/mol. The van der Waals surface area contributed by atoms with E-state index in [0.29, 0.717) is 6.07 Å². The summed E-state index contributed by atoms with van der Waals surface area (Å²) >= 11 is 0. The minimum absolute atomic E-state index is 0.0166. The SMILES string of the molecule is N#Cc1cc(C(N)CCC(=O)O)c(F)cc1F. The minimum atomic E-state index is -1.05. The number of nitrogens with zero attached hydrogens (tertiary/aromatic N) is 1. The molecule has 1 unspecified atom stereocenters. The highest BCUT2D eigenvalue weighted by atomic mass is 19.1. The predicted octanol–water partition coefficient (Wildman–Crippen LogP) is 1.70. The molecule has 0 saturated heterocycles. The van der Waals surface area contributed by atoms with Crippen LogP contribution in [-0.4, -0.2) is 11.1 Å². The lowest BCUT2D eigenvalue weighted by Gasteiger charge is -2.12. The molecular formula is C11H10F2N2O2. The summed E-state index contributed by atoms with van der Waals surface area (Å²) in [5.41, 5.74) is 5.22. The molecule has 0 radical (unpaired) electrons. The van der Waals surface area contributed by atoms with Gasteiger partial charge in [-0.15, -0.1) is 0 Å². The highest BCUT2D eigenvalue weighted by molar-refractivity contribution is 5.66. The zero-order valence-electron chi connectivity index (χ0n) is 8.78. The van der Waals surface area contributed by atoms with Gasteiger partial charge in [0.05, 0.1) is 5.56 Å². The first-order chi connectivity index (χ1) is 7.95. The molecule has 17 heavy (non-hydrogen) atoms. The zero-order valence-corrected chi connectivity index (χ0v) is 8.78. The molecule has 0 aliphatic rings. The molecule has 1 aromatic carbocycles. The summed E-state index contributed by atoms with van der Waals surface area (Å²) < 4.78 is 26.4. The van der Waals surface area contributed by atoms with E-state index in [-0.39, 0.29) is 24.0 Å². The summed E-state index contributed by atoms with van der Waals surface area (Å²) in [6, 6.07) is 2.28. The third-order valence-corrected chi connectivity index (χ3v) is 2.28. The van der Waals surface area contributed by atoms with Gasteiger partial charge in [0.25, 0.3) is 0 Å². The van der Waals surface area contributed by atoms with Crippen LogP contribution < -0.4 is 5.73 Å². The maximum Gasteiger partial charge on any atom is 0.303 e. The number of nitrogens with two attached hydrogens (primary N) is 1. The van der Waals surface area contributed by atoms with E-state index in [1.165, 1.54) is 0 Å².